The molecule has 0 aliphatic heterocycles. The van der Waals surface area contributed by atoms with E-state index in [0.29, 0.717) is 12.6 Å². The maximum Gasteiger partial charge on any atom is 0.142 e. The van der Waals surface area contributed by atoms with Crippen LogP contribution in [0.25, 0.3) is 0 Å². The molecule has 1 saturated carbocycles. The first-order chi connectivity index (χ1) is 10.00. The van der Waals surface area contributed by atoms with Crippen molar-refractivity contribution in [2.45, 2.75) is 59.0 Å². The summed E-state index contributed by atoms with van der Waals surface area (Å²) in [7, 11) is 0. The van der Waals surface area contributed by atoms with Crippen LogP contribution >= 0.6 is 0 Å². The topological polar surface area (TPSA) is 57.9 Å². The molecule has 4 nitrogen and oxygen atoms in total. The third-order valence-corrected chi connectivity index (χ3v) is 3.71. The van der Waals surface area contributed by atoms with Crippen molar-refractivity contribution >= 4 is 0 Å². The fraction of sp³-hybridized carbons (Fsp3) is 0.647. The van der Waals surface area contributed by atoms with Crippen LogP contribution in [0.2, 0.25) is 0 Å². The van der Waals surface area contributed by atoms with Crippen LogP contribution in [0.3, 0.4) is 0 Å². The second-order valence-corrected chi connectivity index (χ2v) is 6.50. The molecule has 0 aromatic carbocycles. The van der Waals surface area contributed by atoms with Crippen LogP contribution in [0, 0.1) is 23.7 Å². The highest BCUT2D eigenvalue weighted by atomic mass is 16.5. The summed E-state index contributed by atoms with van der Waals surface area (Å²) in [6.07, 6.45) is 4.26. The fourth-order valence-electron chi connectivity index (χ4n) is 2.14. The number of hydrogen-bond donors (Lipinski definition) is 1. The lowest BCUT2D eigenvalue weighted by molar-refractivity contribution is 0.280. The van der Waals surface area contributed by atoms with E-state index in [2.05, 4.69) is 16.4 Å². The second kappa shape index (κ2) is 6.91. The van der Waals surface area contributed by atoms with E-state index < -0.39 is 0 Å². The Morgan fingerprint density at radius 1 is 1.43 bits per heavy atom. The number of aryl methyl sites for hydroxylation is 1. The Morgan fingerprint density at radius 2 is 2.19 bits per heavy atom. The van der Waals surface area contributed by atoms with E-state index in [1.165, 1.54) is 12.8 Å². The van der Waals surface area contributed by atoms with Crippen LogP contribution < -0.4 is 10.1 Å². The zero-order chi connectivity index (χ0) is 15.3. The number of rotatable bonds is 8. The summed E-state index contributed by atoms with van der Waals surface area (Å²) in [6, 6.07) is 6.97. The molecule has 0 unspecified atom stereocenters. The van der Waals surface area contributed by atoms with Crippen molar-refractivity contribution in [1.82, 2.24) is 10.3 Å². The van der Waals surface area contributed by atoms with Crippen LogP contribution in [0.4, 0.5) is 0 Å². The Kier molecular flexibility index (Phi) is 5.19. The molecular formula is C17H25N3O. The molecule has 1 N–H and O–H groups in total. The highest BCUT2D eigenvalue weighted by Crippen LogP contribution is 2.23. The van der Waals surface area contributed by atoms with Crippen molar-refractivity contribution < 1.29 is 4.74 Å². The SMILES string of the molecule is Cc1ccc(OCCCC(C)(C)C#N)c(CNC2CC2)n1. The average molecular weight is 287 g/mol. The van der Waals surface area contributed by atoms with Crippen LogP contribution in [0.15, 0.2) is 12.1 Å². The van der Waals surface area contributed by atoms with Gasteiger partial charge >= 0.3 is 0 Å². The molecule has 0 radical (unpaired) electrons. The Labute approximate surface area is 127 Å². The molecule has 21 heavy (non-hydrogen) atoms. The minimum absolute atomic E-state index is 0.273. The zero-order valence-electron chi connectivity index (χ0n) is 13.3. The molecule has 1 aromatic rings. The van der Waals surface area contributed by atoms with Crippen molar-refractivity contribution in [3.05, 3.63) is 23.5 Å². The number of nitrogens with one attached hydrogen (secondary N) is 1. The maximum atomic E-state index is 9.00. The number of pyridine rings is 1. The van der Waals surface area contributed by atoms with Crippen molar-refractivity contribution in [1.29, 1.82) is 5.26 Å². The summed E-state index contributed by atoms with van der Waals surface area (Å²) >= 11 is 0. The molecule has 0 saturated heterocycles. The van der Waals surface area contributed by atoms with Gasteiger partial charge in [-0.3, -0.25) is 4.98 Å². The van der Waals surface area contributed by atoms with Crippen molar-refractivity contribution in [2.75, 3.05) is 6.61 Å². The van der Waals surface area contributed by atoms with Gasteiger partial charge in [0.15, 0.2) is 0 Å². The highest BCUT2D eigenvalue weighted by Gasteiger charge is 2.21. The van der Waals surface area contributed by atoms with Crippen molar-refractivity contribution in [3.63, 3.8) is 0 Å². The van der Waals surface area contributed by atoms with E-state index >= 15 is 0 Å². The molecule has 2 rings (SSSR count). The van der Waals surface area contributed by atoms with E-state index in [1.807, 2.05) is 32.9 Å². The summed E-state index contributed by atoms with van der Waals surface area (Å²) in [5, 5.41) is 12.5. The first-order valence-corrected chi connectivity index (χ1v) is 7.74. The zero-order valence-corrected chi connectivity index (χ0v) is 13.3. The van der Waals surface area contributed by atoms with Gasteiger partial charge in [0, 0.05) is 18.3 Å². The van der Waals surface area contributed by atoms with Gasteiger partial charge in [0.05, 0.1) is 23.8 Å². The van der Waals surface area contributed by atoms with Crippen molar-refractivity contribution in [3.8, 4) is 11.8 Å². The fourth-order valence-corrected chi connectivity index (χ4v) is 2.14. The minimum atomic E-state index is -0.273. The van der Waals surface area contributed by atoms with E-state index in [1.54, 1.807) is 0 Å². The summed E-state index contributed by atoms with van der Waals surface area (Å²) in [5.74, 6) is 0.864. The smallest absolute Gasteiger partial charge is 0.142 e. The third-order valence-electron chi connectivity index (χ3n) is 3.71. The maximum absolute atomic E-state index is 9.00. The largest absolute Gasteiger partial charge is 0.492 e. The number of aromatic nitrogens is 1. The number of nitriles is 1. The number of ether oxygens (including phenoxy) is 1. The summed E-state index contributed by atoms with van der Waals surface area (Å²) < 4.78 is 5.87. The Morgan fingerprint density at radius 3 is 2.86 bits per heavy atom. The van der Waals surface area contributed by atoms with Gasteiger partial charge in [-0.1, -0.05) is 0 Å². The Bertz CT molecular complexity index is 515. The molecule has 0 amide bonds. The van der Waals surface area contributed by atoms with Crippen LogP contribution in [-0.4, -0.2) is 17.6 Å². The van der Waals surface area contributed by atoms with Gasteiger partial charge in [0.25, 0.3) is 0 Å². The van der Waals surface area contributed by atoms with Crippen LogP contribution in [0.5, 0.6) is 5.75 Å². The molecule has 0 atom stereocenters. The first-order valence-electron chi connectivity index (χ1n) is 7.74. The monoisotopic (exact) mass is 287 g/mol. The van der Waals surface area contributed by atoms with Gasteiger partial charge < -0.3 is 10.1 Å². The molecular weight excluding hydrogens is 262 g/mol. The van der Waals surface area contributed by atoms with Crippen molar-refractivity contribution in [2.24, 2.45) is 5.41 Å². The minimum Gasteiger partial charge on any atom is -0.492 e. The normalized spacial score (nSPS) is 14.8. The molecule has 1 aliphatic rings. The Hall–Kier alpha value is -1.60. The standard InChI is InChI=1S/C17H25N3O/c1-13-5-8-16(15(20-13)11-19-14-6-7-14)21-10-4-9-17(2,3)12-18/h5,8,14,19H,4,6-7,9-11H2,1-3H3. The van der Waals surface area contributed by atoms with E-state index in [0.717, 1.165) is 36.5 Å². The summed E-state index contributed by atoms with van der Waals surface area (Å²) in [5.41, 5.74) is 1.73. The van der Waals surface area contributed by atoms with Gasteiger partial charge in [-0.05, 0) is 58.6 Å². The summed E-state index contributed by atoms with van der Waals surface area (Å²) in [6.45, 7) is 7.33. The molecule has 1 aromatic heterocycles. The third kappa shape index (κ3) is 5.35. The van der Waals surface area contributed by atoms with Gasteiger partial charge in [-0.25, -0.2) is 0 Å². The molecule has 1 fully saturated rings. The quantitative estimate of drug-likeness (QED) is 0.745. The molecule has 1 aliphatic carbocycles. The lowest BCUT2D eigenvalue weighted by Crippen LogP contribution is -2.18. The first kappa shape index (κ1) is 15.8. The number of nitrogens with zero attached hydrogens (tertiary/aromatic N) is 2. The molecule has 1 heterocycles. The molecule has 0 spiro atoms. The van der Waals surface area contributed by atoms with E-state index in [9.17, 15) is 0 Å². The highest BCUT2D eigenvalue weighted by molar-refractivity contribution is 5.29. The van der Waals surface area contributed by atoms with E-state index in [-0.39, 0.29) is 5.41 Å². The summed E-state index contributed by atoms with van der Waals surface area (Å²) in [4.78, 5) is 4.58. The van der Waals surface area contributed by atoms with Crippen LogP contribution in [0.1, 0.15) is 50.9 Å². The van der Waals surface area contributed by atoms with E-state index in [4.69, 9.17) is 10.00 Å². The van der Waals surface area contributed by atoms with Gasteiger partial charge in [0.1, 0.15) is 5.75 Å². The van der Waals surface area contributed by atoms with Crippen LogP contribution in [-0.2, 0) is 6.54 Å². The lowest BCUT2D eigenvalue weighted by Gasteiger charge is -2.16. The molecule has 0 bridgehead atoms. The van der Waals surface area contributed by atoms with Gasteiger partial charge in [-0.2, -0.15) is 5.26 Å². The molecule has 114 valence electrons. The Balaban J connectivity index is 1.85. The predicted octanol–water partition coefficient (Wildman–Crippen LogP) is 3.35. The number of hydrogen-bond acceptors (Lipinski definition) is 4. The van der Waals surface area contributed by atoms with Gasteiger partial charge in [0.2, 0.25) is 0 Å². The predicted molar refractivity (Wildman–Crippen MR) is 83.0 cm³/mol. The second-order valence-electron chi connectivity index (χ2n) is 6.50. The van der Waals surface area contributed by atoms with Gasteiger partial charge in [-0.15, -0.1) is 0 Å². The average Bonchev–Trinajstić information content (AvgIpc) is 3.27. The lowest BCUT2D eigenvalue weighted by atomic mass is 9.90. The molecule has 4 heteroatoms.